The van der Waals surface area contributed by atoms with Crippen molar-refractivity contribution in [1.29, 1.82) is 0 Å². The van der Waals surface area contributed by atoms with E-state index in [0.29, 0.717) is 12.5 Å². The zero-order valence-electron chi connectivity index (χ0n) is 10.9. The molecule has 1 saturated carbocycles. The first-order valence-corrected chi connectivity index (χ1v) is 7.05. The minimum Gasteiger partial charge on any atom is -0.490 e. The Balaban J connectivity index is 1.69. The summed E-state index contributed by atoms with van der Waals surface area (Å²) in [4.78, 5) is 11.6. The van der Waals surface area contributed by atoms with E-state index < -0.39 is 0 Å². The molecule has 2 aliphatic rings. The normalized spacial score (nSPS) is 27.1. The van der Waals surface area contributed by atoms with Gasteiger partial charge in [0, 0.05) is 12.0 Å². The van der Waals surface area contributed by atoms with Gasteiger partial charge in [-0.3, -0.25) is 4.79 Å². The van der Waals surface area contributed by atoms with Crippen molar-refractivity contribution in [1.82, 2.24) is 0 Å². The number of Topliss-reactive ketones (excluding diaryl/α,β-unsaturated/α-hetero) is 1. The second-order valence-corrected chi connectivity index (χ2v) is 5.74. The third-order valence-electron chi connectivity index (χ3n) is 4.26. The van der Waals surface area contributed by atoms with Gasteiger partial charge < -0.3 is 4.74 Å². The summed E-state index contributed by atoms with van der Waals surface area (Å²) in [5, 5.41) is 0. The quantitative estimate of drug-likeness (QED) is 0.791. The van der Waals surface area contributed by atoms with E-state index in [1.807, 2.05) is 12.1 Å². The number of ether oxygens (including phenoxy) is 1. The minimum atomic E-state index is 0.281. The van der Waals surface area contributed by atoms with Gasteiger partial charge >= 0.3 is 0 Å². The first-order valence-electron chi connectivity index (χ1n) is 7.05. The lowest BCUT2D eigenvalue weighted by molar-refractivity contribution is 0.0994. The summed E-state index contributed by atoms with van der Waals surface area (Å²) >= 11 is 0. The van der Waals surface area contributed by atoms with Crippen LogP contribution in [0.15, 0.2) is 18.2 Å². The molecule has 0 radical (unpaired) electrons. The molecule has 2 nitrogen and oxygen atoms in total. The molecule has 0 atom stereocenters. The standard InChI is InChI=1S/C16H20O2/c1-11-2-5-13(6-3-11)18-14-7-8-15-12(10-14)4-9-16(15)17/h7-8,10-11,13H,2-6,9H2,1H3. The van der Waals surface area contributed by atoms with Gasteiger partial charge in [-0.1, -0.05) is 6.92 Å². The summed E-state index contributed by atoms with van der Waals surface area (Å²) in [5.41, 5.74) is 2.07. The average Bonchev–Trinajstić information content (AvgIpc) is 2.74. The molecule has 0 N–H and O–H groups in total. The number of fused-ring (bicyclic) bond motifs is 1. The number of ketones is 1. The summed E-state index contributed by atoms with van der Waals surface area (Å²) in [7, 11) is 0. The molecule has 2 aliphatic carbocycles. The van der Waals surface area contributed by atoms with Crippen LogP contribution >= 0.6 is 0 Å². The zero-order valence-corrected chi connectivity index (χ0v) is 10.9. The van der Waals surface area contributed by atoms with Crippen molar-refractivity contribution in [2.45, 2.75) is 51.6 Å². The van der Waals surface area contributed by atoms with Crippen LogP contribution in [0.3, 0.4) is 0 Å². The molecule has 2 heteroatoms. The fraction of sp³-hybridized carbons (Fsp3) is 0.562. The number of rotatable bonds is 2. The molecular weight excluding hydrogens is 224 g/mol. The van der Waals surface area contributed by atoms with Crippen LogP contribution in [0.5, 0.6) is 5.75 Å². The number of hydrogen-bond acceptors (Lipinski definition) is 2. The molecule has 0 heterocycles. The molecule has 96 valence electrons. The van der Waals surface area contributed by atoms with E-state index in [-0.39, 0.29) is 5.78 Å². The summed E-state index contributed by atoms with van der Waals surface area (Å²) in [6.45, 7) is 2.32. The zero-order chi connectivity index (χ0) is 12.5. The lowest BCUT2D eigenvalue weighted by atomic mass is 9.89. The van der Waals surface area contributed by atoms with Crippen molar-refractivity contribution in [3.05, 3.63) is 29.3 Å². The Kier molecular flexibility index (Phi) is 3.11. The maximum atomic E-state index is 11.6. The van der Waals surface area contributed by atoms with Crippen LogP contribution in [0.2, 0.25) is 0 Å². The van der Waals surface area contributed by atoms with Gasteiger partial charge in [0.25, 0.3) is 0 Å². The predicted octanol–water partition coefficient (Wildman–Crippen LogP) is 3.77. The maximum Gasteiger partial charge on any atom is 0.163 e. The minimum absolute atomic E-state index is 0.281. The van der Waals surface area contributed by atoms with Crippen LogP contribution in [0.1, 0.15) is 54.9 Å². The van der Waals surface area contributed by atoms with E-state index in [0.717, 1.165) is 36.5 Å². The topological polar surface area (TPSA) is 26.3 Å². The number of benzene rings is 1. The van der Waals surface area contributed by atoms with Crippen molar-refractivity contribution in [2.75, 3.05) is 0 Å². The van der Waals surface area contributed by atoms with Gasteiger partial charge in [-0.05, 0) is 61.8 Å². The molecule has 0 aliphatic heterocycles. The first kappa shape index (κ1) is 11.8. The van der Waals surface area contributed by atoms with Crippen LogP contribution in [-0.4, -0.2) is 11.9 Å². The molecule has 0 bridgehead atoms. The summed E-state index contributed by atoms with van der Waals surface area (Å²) in [6.07, 6.45) is 6.79. The van der Waals surface area contributed by atoms with Crippen molar-refractivity contribution in [3.63, 3.8) is 0 Å². The van der Waals surface area contributed by atoms with E-state index >= 15 is 0 Å². The largest absolute Gasteiger partial charge is 0.490 e. The van der Waals surface area contributed by atoms with Crippen molar-refractivity contribution >= 4 is 5.78 Å². The molecule has 0 spiro atoms. The van der Waals surface area contributed by atoms with Crippen molar-refractivity contribution in [2.24, 2.45) is 5.92 Å². The van der Waals surface area contributed by atoms with Gasteiger partial charge in [-0.15, -0.1) is 0 Å². The molecule has 1 aromatic carbocycles. The Morgan fingerprint density at radius 3 is 2.67 bits per heavy atom. The molecule has 18 heavy (non-hydrogen) atoms. The fourth-order valence-corrected chi connectivity index (χ4v) is 3.04. The number of carbonyl (C=O) groups excluding carboxylic acids is 1. The molecule has 0 saturated heterocycles. The highest BCUT2D eigenvalue weighted by atomic mass is 16.5. The van der Waals surface area contributed by atoms with Crippen LogP contribution in [0.4, 0.5) is 0 Å². The van der Waals surface area contributed by atoms with E-state index in [4.69, 9.17) is 4.74 Å². The van der Waals surface area contributed by atoms with Crippen LogP contribution < -0.4 is 4.74 Å². The maximum absolute atomic E-state index is 11.6. The van der Waals surface area contributed by atoms with Gasteiger partial charge in [0.2, 0.25) is 0 Å². The lowest BCUT2D eigenvalue weighted by Gasteiger charge is -2.27. The Hall–Kier alpha value is -1.31. The Bertz CT molecular complexity index is 456. The highest BCUT2D eigenvalue weighted by Gasteiger charge is 2.22. The Morgan fingerprint density at radius 1 is 1.11 bits per heavy atom. The van der Waals surface area contributed by atoms with Gasteiger partial charge in [0.05, 0.1) is 6.10 Å². The highest BCUT2D eigenvalue weighted by Crippen LogP contribution is 2.30. The van der Waals surface area contributed by atoms with Gasteiger partial charge in [-0.25, -0.2) is 0 Å². The second-order valence-electron chi connectivity index (χ2n) is 5.74. The molecule has 0 unspecified atom stereocenters. The third-order valence-corrected chi connectivity index (χ3v) is 4.26. The predicted molar refractivity (Wildman–Crippen MR) is 71.1 cm³/mol. The number of hydrogen-bond donors (Lipinski definition) is 0. The van der Waals surface area contributed by atoms with Crippen LogP contribution in [-0.2, 0) is 6.42 Å². The average molecular weight is 244 g/mol. The number of aryl methyl sites for hydroxylation is 1. The molecular formula is C16H20O2. The molecule has 0 aromatic heterocycles. The number of carbonyl (C=O) groups is 1. The summed E-state index contributed by atoms with van der Waals surface area (Å²) < 4.78 is 6.05. The first-order chi connectivity index (χ1) is 8.72. The lowest BCUT2D eigenvalue weighted by Crippen LogP contribution is -2.23. The molecule has 0 amide bonds. The van der Waals surface area contributed by atoms with E-state index in [9.17, 15) is 4.79 Å². The molecule has 1 fully saturated rings. The van der Waals surface area contributed by atoms with Gasteiger partial charge in [0.15, 0.2) is 5.78 Å². The van der Waals surface area contributed by atoms with E-state index in [2.05, 4.69) is 13.0 Å². The third kappa shape index (κ3) is 2.29. The molecule has 1 aromatic rings. The second kappa shape index (κ2) is 4.75. The van der Waals surface area contributed by atoms with E-state index in [1.165, 1.54) is 18.4 Å². The van der Waals surface area contributed by atoms with Crippen LogP contribution in [0.25, 0.3) is 0 Å². The Morgan fingerprint density at radius 2 is 1.89 bits per heavy atom. The monoisotopic (exact) mass is 244 g/mol. The smallest absolute Gasteiger partial charge is 0.163 e. The van der Waals surface area contributed by atoms with Crippen molar-refractivity contribution in [3.8, 4) is 5.75 Å². The van der Waals surface area contributed by atoms with Crippen LogP contribution in [0, 0.1) is 5.92 Å². The summed E-state index contributed by atoms with van der Waals surface area (Å²) in [6, 6.07) is 5.96. The highest BCUT2D eigenvalue weighted by molar-refractivity contribution is 6.00. The van der Waals surface area contributed by atoms with E-state index in [1.54, 1.807) is 0 Å². The SMILES string of the molecule is CC1CCC(Oc2ccc3c(c2)CCC3=O)CC1. The molecule has 3 rings (SSSR count). The fourth-order valence-electron chi connectivity index (χ4n) is 3.04. The van der Waals surface area contributed by atoms with Gasteiger partial charge in [-0.2, -0.15) is 0 Å². The summed E-state index contributed by atoms with van der Waals surface area (Å²) in [5.74, 6) is 2.08. The Labute approximate surface area is 108 Å². The van der Waals surface area contributed by atoms with Gasteiger partial charge in [0.1, 0.15) is 5.75 Å². The van der Waals surface area contributed by atoms with Crippen molar-refractivity contribution < 1.29 is 9.53 Å².